The molecule has 1 aromatic carbocycles. The van der Waals surface area contributed by atoms with Gasteiger partial charge < -0.3 is 4.74 Å². The highest BCUT2D eigenvalue weighted by Gasteiger charge is 2.01. The summed E-state index contributed by atoms with van der Waals surface area (Å²) in [6.45, 7) is 0. The number of rotatable bonds is 1. The minimum atomic E-state index is -0.0300. The van der Waals surface area contributed by atoms with Crippen molar-refractivity contribution in [1.82, 2.24) is 4.37 Å². The molecule has 0 amide bonds. The topological polar surface area (TPSA) is 42.1 Å². The number of methoxy groups -OCH3 is 1. The van der Waals surface area contributed by atoms with Crippen molar-refractivity contribution in [3.63, 3.8) is 0 Å². The van der Waals surface area contributed by atoms with Gasteiger partial charge in [-0.1, -0.05) is 11.5 Å². The summed E-state index contributed by atoms with van der Waals surface area (Å²) in [6.07, 6.45) is 0. The van der Waals surface area contributed by atoms with Gasteiger partial charge in [0.15, 0.2) is 0 Å². The van der Waals surface area contributed by atoms with Gasteiger partial charge in [0.1, 0.15) is 5.75 Å². The van der Waals surface area contributed by atoms with E-state index in [-0.39, 0.29) is 5.56 Å². The predicted molar refractivity (Wildman–Crippen MR) is 49.0 cm³/mol. The minimum absolute atomic E-state index is 0.0300. The van der Waals surface area contributed by atoms with Crippen LogP contribution in [0, 0.1) is 0 Å². The van der Waals surface area contributed by atoms with Gasteiger partial charge in [-0.3, -0.25) is 9.17 Å². The van der Waals surface area contributed by atoms with Gasteiger partial charge in [0.25, 0.3) is 5.56 Å². The van der Waals surface area contributed by atoms with Crippen LogP contribution in [0.4, 0.5) is 0 Å². The normalized spacial score (nSPS) is 10.4. The molecule has 0 bridgehead atoms. The Morgan fingerprint density at radius 3 is 3.08 bits per heavy atom. The first-order chi connectivity index (χ1) is 5.81. The molecule has 2 rings (SSSR count). The van der Waals surface area contributed by atoms with Crippen molar-refractivity contribution in [2.45, 2.75) is 0 Å². The summed E-state index contributed by atoms with van der Waals surface area (Å²) < 4.78 is 8.61. The minimum Gasteiger partial charge on any atom is -0.497 e. The van der Waals surface area contributed by atoms with E-state index in [0.717, 1.165) is 15.8 Å². The second-order valence-corrected chi connectivity index (χ2v) is 3.24. The highest BCUT2D eigenvalue weighted by molar-refractivity contribution is 7.13. The van der Waals surface area contributed by atoms with Crippen LogP contribution in [0.5, 0.6) is 5.75 Å². The SMILES string of the molecule is COc1ccc2c(=O)[nH]sc2c1. The molecule has 0 spiro atoms. The van der Waals surface area contributed by atoms with Crippen molar-refractivity contribution in [1.29, 1.82) is 0 Å². The fraction of sp³-hybridized carbons (Fsp3) is 0.125. The average Bonchev–Trinajstić information content (AvgIpc) is 2.47. The summed E-state index contributed by atoms with van der Waals surface area (Å²) in [5.41, 5.74) is -0.0300. The molecule has 0 aliphatic carbocycles. The van der Waals surface area contributed by atoms with E-state index in [9.17, 15) is 4.79 Å². The van der Waals surface area contributed by atoms with E-state index in [1.165, 1.54) is 11.5 Å². The molecule has 0 unspecified atom stereocenters. The van der Waals surface area contributed by atoms with Gasteiger partial charge >= 0.3 is 0 Å². The molecule has 1 N–H and O–H groups in total. The van der Waals surface area contributed by atoms with E-state index >= 15 is 0 Å². The lowest BCUT2D eigenvalue weighted by Crippen LogP contribution is -1.95. The third-order valence-corrected chi connectivity index (χ3v) is 2.53. The van der Waals surface area contributed by atoms with Gasteiger partial charge in [0.2, 0.25) is 0 Å². The molecular formula is C8H7NO2S. The largest absolute Gasteiger partial charge is 0.497 e. The van der Waals surface area contributed by atoms with E-state index in [2.05, 4.69) is 4.37 Å². The van der Waals surface area contributed by atoms with Crippen LogP contribution >= 0.6 is 11.5 Å². The second-order valence-electron chi connectivity index (χ2n) is 2.40. The highest BCUT2D eigenvalue weighted by Crippen LogP contribution is 2.20. The molecule has 3 nitrogen and oxygen atoms in total. The molecule has 0 radical (unpaired) electrons. The molecule has 2 aromatic rings. The van der Waals surface area contributed by atoms with E-state index < -0.39 is 0 Å². The van der Waals surface area contributed by atoms with Crippen LogP contribution in [0.1, 0.15) is 0 Å². The third-order valence-electron chi connectivity index (χ3n) is 1.69. The Morgan fingerprint density at radius 2 is 2.33 bits per heavy atom. The first-order valence-electron chi connectivity index (χ1n) is 3.46. The van der Waals surface area contributed by atoms with Crippen molar-refractivity contribution >= 4 is 21.6 Å². The van der Waals surface area contributed by atoms with E-state index in [0.29, 0.717) is 0 Å². The molecule has 12 heavy (non-hydrogen) atoms. The molecule has 62 valence electrons. The number of hydrogen-bond donors (Lipinski definition) is 1. The Balaban J connectivity index is 2.77. The lowest BCUT2D eigenvalue weighted by Gasteiger charge is -1.96. The molecule has 1 aromatic heterocycles. The first kappa shape index (κ1) is 7.36. The number of nitrogens with one attached hydrogen (secondary N) is 1. The van der Waals surface area contributed by atoms with Crippen molar-refractivity contribution < 1.29 is 4.74 Å². The predicted octanol–water partition coefficient (Wildman–Crippen LogP) is 1.60. The Morgan fingerprint density at radius 1 is 1.50 bits per heavy atom. The monoisotopic (exact) mass is 181 g/mol. The van der Waals surface area contributed by atoms with Crippen LogP contribution in [0.15, 0.2) is 23.0 Å². The van der Waals surface area contributed by atoms with Crippen molar-refractivity contribution in [2.75, 3.05) is 7.11 Å². The number of aromatic amines is 1. The third kappa shape index (κ3) is 1.00. The Bertz CT molecular complexity index is 457. The number of ether oxygens (including phenoxy) is 1. The Hall–Kier alpha value is -1.29. The summed E-state index contributed by atoms with van der Waals surface area (Å²) in [5, 5.41) is 0.723. The fourth-order valence-electron chi connectivity index (χ4n) is 1.06. The molecule has 4 heteroatoms. The number of benzene rings is 1. The lowest BCUT2D eigenvalue weighted by molar-refractivity contribution is 0.415. The quantitative estimate of drug-likeness (QED) is 0.726. The number of hydrogen-bond acceptors (Lipinski definition) is 3. The maximum Gasteiger partial charge on any atom is 0.265 e. The number of fused-ring (bicyclic) bond motifs is 1. The van der Waals surface area contributed by atoms with Crippen molar-refractivity contribution in [3.05, 3.63) is 28.6 Å². The van der Waals surface area contributed by atoms with Gasteiger partial charge in [0, 0.05) is 0 Å². The number of H-pyrrole nitrogens is 1. The maximum atomic E-state index is 11.1. The van der Waals surface area contributed by atoms with Crippen LogP contribution in [0.25, 0.3) is 10.1 Å². The molecule has 1 heterocycles. The fourth-order valence-corrected chi connectivity index (χ4v) is 1.82. The average molecular weight is 181 g/mol. The van der Waals surface area contributed by atoms with Crippen LogP contribution in [0.3, 0.4) is 0 Å². The van der Waals surface area contributed by atoms with Crippen LogP contribution in [0.2, 0.25) is 0 Å². The first-order valence-corrected chi connectivity index (χ1v) is 4.28. The molecule has 0 saturated heterocycles. The Kier molecular flexibility index (Phi) is 1.62. The van der Waals surface area contributed by atoms with Crippen LogP contribution < -0.4 is 10.3 Å². The summed E-state index contributed by atoms with van der Waals surface area (Å²) in [7, 11) is 1.61. The smallest absolute Gasteiger partial charge is 0.265 e. The molecule has 0 aliphatic heterocycles. The lowest BCUT2D eigenvalue weighted by atomic mass is 10.3. The van der Waals surface area contributed by atoms with Crippen molar-refractivity contribution in [3.8, 4) is 5.75 Å². The summed E-state index contributed by atoms with van der Waals surface area (Å²) >= 11 is 1.33. The number of aromatic nitrogens is 1. The standard InChI is InChI=1S/C8H7NO2S/c1-11-5-2-3-6-7(4-5)12-9-8(6)10/h2-4H,1H3,(H,9,10). The zero-order chi connectivity index (χ0) is 8.55. The van der Waals surface area contributed by atoms with Gasteiger partial charge in [-0.15, -0.1) is 0 Å². The molecule has 0 fully saturated rings. The maximum absolute atomic E-state index is 11.1. The van der Waals surface area contributed by atoms with Crippen LogP contribution in [-0.4, -0.2) is 11.5 Å². The van der Waals surface area contributed by atoms with Crippen LogP contribution in [-0.2, 0) is 0 Å². The summed E-state index contributed by atoms with van der Waals surface area (Å²) in [6, 6.07) is 5.39. The molecule has 0 saturated carbocycles. The molecule has 0 atom stereocenters. The zero-order valence-electron chi connectivity index (χ0n) is 6.46. The van der Waals surface area contributed by atoms with Gasteiger partial charge in [-0.05, 0) is 18.2 Å². The van der Waals surface area contributed by atoms with Gasteiger partial charge in [-0.25, -0.2) is 0 Å². The highest BCUT2D eigenvalue weighted by atomic mass is 32.1. The van der Waals surface area contributed by atoms with Gasteiger partial charge in [-0.2, -0.15) is 0 Å². The van der Waals surface area contributed by atoms with Crippen molar-refractivity contribution in [2.24, 2.45) is 0 Å². The van der Waals surface area contributed by atoms with Gasteiger partial charge in [0.05, 0.1) is 17.2 Å². The van der Waals surface area contributed by atoms with E-state index in [1.54, 1.807) is 19.2 Å². The molecular weight excluding hydrogens is 174 g/mol. The second kappa shape index (κ2) is 2.64. The summed E-state index contributed by atoms with van der Waals surface area (Å²) in [4.78, 5) is 11.1. The van der Waals surface area contributed by atoms with E-state index in [4.69, 9.17) is 4.74 Å². The zero-order valence-corrected chi connectivity index (χ0v) is 7.27. The molecule has 0 aliphatic rings. The summed E-state index contributed by atoms with van der Waals surface area (Å²) in [5.74, 6) is 0.776. The Labute approximate surface area is 72.8 Å². The van der Waals surface area contributed by atoms with E-state index in [1.807, 2.05) is 6.07 Å².